The van der Waals surface area contributed by atoms with Gasteiger partial charge in [0.15, 0.2) is 0 Å². The number of carboxylic acids is 1. The Kier molecular flexibility index (Phi) is 3.47. The summed E-state index contributed by atoms with van der Waals surface area (Å²) in [5.74, 6) is 0.781. The average Bonchev–Trinajstić information content (AvgIpc) is 2.56. The lowest BCUT2D eigenvalue weighted by molar-refractivity contribution is -0.142. The van der Waals surface area contributed by atoms with Crippen LogP contribution in [-0.2, 0) is 4.79 Å². The maximum absolute atomic E-state index is 12.2. The molecule has 3 unspecified atom stereocenters. The van der Waals surface area contributed by atoms with Gasteiger partial charge in [0.2, 0.25) is 5.91 Å². The van der Waals surface area contributed by atoms with Crippen LogP contribution in [0.3, 0.4) is 0 Å². The van der Waals surface area contributed by atoms with E-state index in [0.29, 0.717) is 36.0 Å². The molecule has 0 saturated carbocycles. The predicted molar refractivity (Wildman–Crippen MR) is 84.4 cm³/mol. The highest BCUT2D eigenvalue weighted by molar-refractivity contribution is 5.93. The third-order valence-corrected chi connectivity index (χ3v) is 5.50. The molecule has 3 aliphatic heterocycles. The highest BCUT2D eigenvalue weighted by Crippen LogP contribution is 2.39. The second kappa shape index (κ2) is 5.51. The molecule has 3 fully saturated rings. The molecule has 4 heterocycles. The normalized spacial score (nSPS) is 30.1. The highest BCUT2D eigenvalue weighted by Gasteiger charge is 2.44. The molecule has 1 aromatic heterocycles. The number of piperidine rings is 3. The summed E-state index contributed by atoms with van der Waals surface area (Å²) in [5.41, 5.74) is 0.268. The minimum Gasteiger partial charge on any atom is -0.478 e. The number of hydrogen-bond acceptors (Lipinski definition) is 4. The number of rotatable bonds is 2. The maximum atomic E-state index is 12.2. The van der Waals surface area contributed by atoms with Crippen LogP contribution in [0, 0.1) is 11.8 Å². The molecule has 3 atom stereocenters. The third-order valence-electron chi connectivity index (χ3n) is 5.50. The number of anilines is 1. The van der Waals surface area contributed by atoms with Gasteiger partial charge in [-0.2, -0.15) is 0 Å². The summed E-state index contributed by atoms with van der Waals surface area (Å²) in [4.78, 5) is 32.2. The van der Waals surface area contributed by atoms with E-state index in [1.807, 2.05) is 0 Å². The van der Waals surface area contributed by atoms with E-state index in [9.17, 15) is 14.7 Å². The molecule has 4 rings (SSSR count). The molecular formula is C17H21N3O3. The number of carboxylic acid groups (broad SMARTS) is 1. The number of pyridine rings is 1. The monoisotopic (exact) mass is 315 g/mol. The van der Waals surface area contributed by atoms with Crippen LogP contribution in [0.4, 0.5) is 5.82 Å². The molecule has 1 N–H and O–H groups in total. The predicted octanol–water partition coefficient (Wildman–Crippen LogP) is 1.62. The van der Waals surface area contributed by atoms with E-state index >= 15 is 0 Å². The first-order valence-corrected chi connectivity index (χ1v) is 8.36. The van der Waals surface area contributed by atoms with Gasteiger partial charge in [-0.25, -0.2) is 9.78 Å². The Labute approximate surface area is 135 Å². The summed E-state index contributed by atoms with van der Waals surface area (Å²) >= 11 is 0. The van der Waals surface area contributed by atoms with Crippen molar-refractivity contribution in [3.63, 3.8) is 0 Å². The number of fused-ring (bicyclic) bond motifs is 4. The number of aromatic nitrogens is 1. The van der Waals surface area contributed by atoms with Crippen LogP contribution in [-0.4, -0.2) is 52.5 Å². The van der Waals surface area contributed by atoms with Crippen LogP contribution in [0.1, 0.15) is 36.0 Å². The topological polar surface area (TPSA) is 73.7 Å². The lowest BCUT2D eigenvalue weighted by atomic mass is 9.76. The van der Waals surface area contributed by atoms with E-state index in [2.05, 4.69) is 14.8 Å². The number of hydrogen-bond donors (Lipinski definition) is 1. The van der Waals surface area contributed by atoms with Gasteiger partial charge in [0.25, 0.3) is 0 Å². The van der Waals surface area contributed by atoms with Gasteiger partial charge in [-0.05, 0) is 43.2 Å². The zero-order chi connectivity index (χ0) is 16.0. The zero-order valence-electron chi connectivity index (χ0n) is 13.0. The number of carbonyl (C=O) groups is 2. The summed E-state index contributed by atoms with van der Waals surface area (Å²) in [5, 5.41) is 9.40. The van der Waals surface area contributed by atoms with Crippen molar-refractivity contribution in [2.75, 3.05) is 24.5 Å². The van der Waals surface area contributed by atoms with Crippen LogP contribution >= 0.6 is 0 Å². The first-order chi connectivity index (χ1) is 11.1. The Morgan fingerprint density at radius 1 is 1.30 bits per heavy atom. The fourth-order valence-corrected chi connectivity index (χ4v) is 4.60. The minimum atomic E-state index is -0.932. The lowest BCUT2D eigenvalue weighted by Gasteiger charge is -2.52. The summed E-state index contributed by atoms with van der Waals surface area (Å²) in [6.45, 7) is 2.39. The molecule has 1 aromatic rings. The summed E-state index contributed by atoms with van der Waals surface area (Å²) in [6, 6.07) is 3.61. The molecule has 3 saturated heterocycles. The van der Waals surface area contributed by atoms with Crippen molar-refractivity contribution in [2.24, 2.45) is 11.8 Å². The molecular weight excluding hydrogens is 294 g/mol. The van der Waals surface area contributed by atoms with Crippen LogP contribution in [0.15, 0.2) is 18.3 Å². The fourth-order valence-electron chi connectivity index (χ4n) is 4.60. The zero-order valence-corrected chi connectivity index (χ0v) is 13.0. The molecule has 1 amide bonds. The first-order valence-electron chi connectivity index (χ1n) is 8.36. The van der Waals surface area contributed by atoms with Crippen molar-refractivity contribution in [1.82, 2.24) is 9.88 Å². The van der Waals surface area contributed by atoms with Crippen molar-refractivity contribution in [3.05, 3.63) is 23.9 Å². The first kappa shape index (κ1) is 14.5. The van der Waals surface area contributed by atoms with Crippen molar-refractivity contribution >= 4 is 17.7 Å². The molecule has 6 nitrogen and oxygen atoms in total. The van der Waals surface area contributed by atoms with Crippen LogP contribution in [0.5, 0.6) is 0 Å². The third kappa shape index (κ3) is 2.46. The van der Waals surface area contributed by atoms with Gasteiger partial charge in [-0.15, -0.1) is 0 Å². The van der Waals surface area contributed by atoms with Gasteiger partial charge >= 0.3 is 5.97 Å². The molecule has 0 spiro atoms. The highest BCUT2D eigenvalue weighted by atomic mass is 16.4. The summed E-state index contributed by atoms with van der Waals surface area (Å²) in [6.07, 6.45) is 5.53. The molecule has 2 bridgehead atoms. The smallest absolute Gasteiger partial charge is 0.339 e. The van der Waals surface area contributed by atoms with Gasteiger partial charge in [-0.1, -0.05) is 0 Å². The molecule has 0 radical (unpaired) electrons. The minimum absolute atomic E-state index is 0.268. The van der Waals surface area contributed by atoms with Crippen molar-refractivity contribution in [1.29, 1.82) is 0 Å². The van der Waals surface area contributed by atoms with E-state index in [4.69, 9.17) is 0 Å². The van der Waals surface area contributed by atoms with Crippen LogP contribution in [0.2, 0.25) is 0 Å². The van der Waals surface area contributed by atoms with E-state index in [0.717, 1.165) is 38.9 Å². The fraction of sp³-hybridized carbons (Fsp3) is 0.588. The van der Waals surface area contributed by atoms with Crippen molar-refractivity contribution in [3.8, 4) is 0 Å². The van der Waals surface area contributed by atoms with Gasteiger partial charge in [0, 0.05) is 38.3 Å². The van der Waals surface area contributed by atoms with E-state index < -0.39 is 5.97 Å². The van der Waals surface area contributed by atoms with E-state index in [-0.39, 0.29) is 5.56 Å². The van der Waals surface area contributed by atoms with Gasteiger partial charge in [0.05, 0.1) is 0 Å². The second-order valence-electron chi connectivity index (χ2n) is 6.95. The average molecular weight is 315 g/mol. The number of aromatic carboxylic acids is 1. The van der Waals surface area contributed by atoms with Crippen molar-refractivity contribution < 1.29 is 14.7 Å². The Bertz CT molecular complexity index is 648. The molecule has 122 valence electrons. The lowest BCUT2D eigenvalue weighted by Crippen LogP contribution is -2.60. The Morgan fingerprint density at radius 3 is 3.00 bits per heavy atom. The molecule has 23 heavy (non-hydrogen) atoms. The summed E-state index contributed by atoms with van der Waals surface area (Å²) < 4.78 is 0. The largest absolute Gasteiger partial charge is 0.478 e. The SMILES string of the molecule is O=C(O)c1cccnc1N1CC2CC(C1)C1CCCC(=O)N1C2. The van der Waals surface area contributed by atoms with Gasteiger partial charge in [-0.3, -0.25) is 4.79 Å². The van der Waals surface area contributed by atoms with Gasteiger partial charge in [0.1, 0.15) is 11.4 Å². The van der Waals surface area contributed by atoms with E-state index in [1.165, 1.54) is 0 Å². The molecule has 0 aliphatic carbocycles. The van der Waals surface area contributed by atoms with Crippen LogP contribution in [0.25, 0.3) is 0 Å². The standard InChI is InChI=1S/C17H21N3O3/c21-15-5-1-4-14-12-7-11(9-20(14)15)8-19(10-12)16-13(17(22)23)3-2-6-18-16/h2-3,6,11-12,14H,1,4-5,7-10H2,(H,22,23). The number of amides is 1. The number of nitrogens with zero attached hydrogens (tertiary/aromatic N) is 3. The molecule has 6 heteroatoms. The quantitative estimate of drug-likeness (QED) is 0.897. The van der Waals surface area contributed by atoms with E-state index in [1.54, 1.807) is 18.3 Å². The van der Waals surface area contributed by atoms with Crippen molar-refractivity contribution in [2.45, 2.75) is 31.7 Å². The maximum Gasteiger partial charge on any atom is 0.339 e. The summed E-state index contributed by atoms with van der Waals surface area (Å²) in [7, 11) is 0. The Balaban J connectivity index is 1.61. The number of carbonyl (C=O) groups excluding carboxylic acids is 1. The Morgan fingerprint density at radius 2 is 2.17 bits per heavy atom. The van der Waals surface area contributed by atoms with Gasteiger partial charge < -0.3 is 14.9 Å². The van der Waals surface area contributed by atoms with Crippen LogP contribution < -0.4 is 4.90 Å². The second-order valence-corrected chi connectivity index (χ2v) is 6.95. The molecule has 3 aliphatic rings. The Hall–Kier alpha value is -2.11. The molecule has 0 aromatic carbocycles.